The minimum Gasteiger partial charge on any atom is -0.277 e. The lowest BCUT2D eigenvalue weighted by Gasteiger charge is -2.35. The second-order valence-electron chi connectivity index (χ2n) is 5.41. The fourth-order valence-electron chi connectivity index (χ4n) is 2.33. The Morgan fingerprint density at radius 2 is 2.00 bits per heavy atom. The fourth-order valence-corrected chi connectivity index (χ4v) is 2.33. The molecule has 4 amide bonds. The van der Waals surface area contributed by atoms with E-state index in [1.165, 1.54) is 4.90 Å². The summed E-state index contributed by atoms with van der Waals surface area (Å²) in [6.07, 6.45) is 2.94. The van der Waals surface area contributed by atoms with Crippen LogP contribution >= 0.6 is 0 Å². The highest BCUT2D eigenvalue weighted by atomic mass is 16.2. The summed E-state index contributed by atoms with van der Waals surface area (Å²) in [6, 6.07) is -0.558. The SMILES string of the molecule is CCCC1CC1N1C(=O)NC(=O)C(C)(C)C1=O. The number of hydrogen-bond donors (Lipinski definition) is 1. The molecule has 1 aliphatic carbocycles. The molecule has 1 aliphatic heterocycles. The largest absolute Gasteiger partial charge is 0.331 e. The third kappa shape index (κ3) is 1.83. The molecule has 1 saturated heterocycles. The summed E-state index contributed by atoms with van der Waals surface area (Å²) in [5.74, 6) is -0.454. The summed E-state index contributed by atoms with van der Waals surface area (Å²) in [5.41, 5.74) is -1.13. The molecule has 0 spiro atoms. The third-order valence-corrected chi connectivity index (χ3v) is 3.64. The molecule has 0 bridgehead atoms. The van der Waals surface area contributed by atoms with Crippen molar-refractivity contribution in [3.8, 4) is 0 Å². The molecular formula is C12H18N2O3. The van der Waals surface area contributed by atoms with Crippen LogP contribution in [0, 0.1) is 11.3 Å². The van der Waals surface area contributed by atoms with Gasteiger partial charge in [0, 0.05) is 6.04 Å². The summed E-state index contributed by atoms with van der Waals surface area (Å²) in [7, 11) is 0. The van der Waals surface area contributed by atoms with Crippen LogP contribution in [-0.2, 0) is 9.59 Å². The molecule has 0 radical (unpaired) electrons. The Morgan fingerprint density at radius 3 is 2.59 bits per heavy atom. The first-order valence-electron chi connectivity index (χ1n) is 6.08. The maximum Gasteiger partial charge on any atom is 0.331 e. The summed E-state index contributed by atoms with van der Waals surface area (Å²) < 4.78 is 0. The molecule has 2 rings (SSSR count). The first-order valence-corrected chi connectivity index (χ1v) is 6.08. The van der Waals surface area contributed by atoms with Gasteiger partial charge < -0.3 is 0 Å². The van der Waals surface area contributed by atoms with Crippen LogP contribution in [0.2, 0.25) is 0 Å². The molecule has 17 heavy (non-hydrogen) atoms. The van der Waals surface area contributed by atoms with Crippen molar-refractivity contribution in [1.82, 2.24) is 10.2 Å². The average Bonchev–Trinajstić information content (AvgIpc) is 2.96. The first-order chi connectivity index (χ1) is 7.89. The second-order valence-corrected chi connectivity index (χ2v) is 5.41. The molecule has 1 heterocycles. The Bertz CT molecular complexity index is 389. The average molecular weight is 238 g/mol. The number of amides is 4. The fraction of sp³-hybridized carbons (Fsp3) is 0.750. The van der Waals surface area contributed by atoms with E-state index in [0.717, 1.165) is 19.3 Å². The van der Waals surface area contributed by atoms with E-state index in [9.17, 15) is 14.4 Å². The van der Waals surface area contributed by atoms with Gasteiger partial charge in [-0.1, -0.05) is 13.3 Å². The van der Waals surface area contributed by atoms with Crippen molar-refractivity contribution < 1.29 is 14.4 Å². The predicted molar refractivity (Wildman–Crippen MR) is 61.0 cm³/mol. The number of nitrogens with zero attached hydrogens (tertiary/aromatic N) is 1. The lowest BCUT2D eigenvalue weighted by Crippen LogP contribution is -2.62. The van der Waals surface area contributed by atoms with Gasteiger partial charge in [-0.05, 0) is 32.6 Å². The topological polar surface area (TPSA) is 66.5 Å². The van der Waals surface area contributed by atoms with Gasteiger partial charge in [0.05, 0.1) is 0 Å². The molecule has 0 aromatic carbocycles. The molecular weight excluding hydrogens is 220 g/mol. The van der Waals surface area contributed by atoms with Gasteiger partial charge in [0.2, 0.25) is 11.8 Å². The number of imide groups is 2. The van der Waals surface area contributed by atoms with Crippen LogP contribution in [0.3, 0.4) is 0 Å². The molecule has 94 valence electrons. The predicted octanol–water partition coefficient (Wildman–Crippen LogP) is 1.28. The van der Waals surface area contributed by atoms with Gasteiger partial charge in [-0.25, -0.2) is 4.79 Å². The molecule has 1 N–H and O–H groups in total. The highest BCUT2D eigenvalue weighted by Gasteiger charge is 2.54. The maximum absolute atomic E-state index is 12.1. The van der Waals surface area contributed by atoms with Crippen molar-refractivity contribution >= 4 is 17.8 Å². The Morgan fingerprint density at radius 1 is 1.35 bits per heavy atom. The minimum absolute atomic E-state index is 0.00479. The van der Waals surface area contributed by atoms with Crippen molar-refractivity contribution in [3.05, 3.63) is 0 Å². The van der Waals surface area contributed by atoms with E-state index in [4.69, 9.17) is 0 Å². The van der Waals surface area contributed by atoms with Crippen LogP contribution in [0.5, 0.6) is 0 Å². The highest BCUT2D eigenvalue weighted by Crippen LogP contribution is 2.42. The van der Waals surface area contributed by atoms with Crippen LogP contribution in [0.25, 0.3) is 0 Å². The number of rotatable bonds is 3. The van der Waals surface area contributed by atoms with Crippen molar-refractivity contribution in [2.24, 2.45) is 11.3 Å². The molecule has 2 atom stereocenters. The first kappa shape index (κ1) is 12.1. The number of carbonyl (C=O) groups is 3. The van der Waals surface area contributed by atoms with Crippen LogP contribution in [-0.4, -0.2) is 28.8 Å². The summed E-state index contributed by atoms with van der Waals surface area (Å²) in [5, 5.41) is 2.26. The van der Waals surface area contributed by atoms with E-state index in [1.54, 1.807) is 13.8 Å². The van der Waals surface area contributed by atoms with Gasteiger partial charge in [0.25, 0.3) is 0 Å². The second kappa shape index (κ2) is 3.82. The Kier molecular flexibility index (Phi) is 2.72. The van der Waals surface area contributed by atoms with Gasteiger partial charge >= 0.3 is 6.03 Å². The van der Waals surface area contributed by atoms with Gasteiger partial charge in [-0.3, -0.25) is 19.8 Å². The third-order valence-electron chi connectivity index (χ3n) is 3.64. The van der Waals surface area contributed by atoms with Crippen molar-refractivity contribution in [3.63, 3.8) is 0 Å². The molecule has 2 unspecified atom stereocenters. The van der Waals surface area contributed by atoms with E-state index >= 15 is 0 Å². The Labute approximate surface area is 101 Å². The number of hydrogen-bond acceptors (Lipinski definition) is 3. The lowest BCUT2D eigenvalue weighted by atomic mass is 9.88. The number of carbonyl (C=O) groups excluding carboxylic acids is 3. The van der Waals surface area contributed by atoms with E-state index in [-0.39, 0.29) is 11.9 Å². The number of barbiturate groups is 1. The van der Waals surface area contributed by atoms with Crippen LogP contribution in [0.15, 0.2) is 0 Å². The van der Waals surface area contributed by atoms with Crippen molar-refractivity contribution in [2.75, 3.05) is 0 Å². The van der Waals surface area contributed by atoms with Gasteiger partial charge in [-0.15, -0.1) is 0 Å². The highest BCUT2D eigenvalue weighted by molar-refractivity contribution is 6.18. The molecule has 0 aromatic heterocycles. The van der Waals surface area contributed by atoms with E-state index in [1.807, 2.05) is 0 Å². The zero-order valence-electron chi connectivity index (χ0n) is 10.4. The van der Waals surface area contributed by atoms with Crippen molar-refractivity contribution in [2.45, 2.75) is 46.1 Å². The van der Waals surface area contributed by atoms with Crippen molar-refractivity contribution in [1.29, 1.82) is 0 Å². The standard InChI is InChI=1S/C12H18N2O3/c1-4-5-7-6-8(7)14-10(16)12(2,3)9(15)13-11(14)17/h7-8H,4-6H2,1-3H3,(H,13,15,17). The monoisotopic (exact) mass is 238 g/mol. The maximum atomic E-state index is 12.1. The van der Waals surface area contributed by atoms with E-state index < -0.39 is 17.4 Å². The Balaban J connectivity index is 2.15. The summed E-state index contributed by atoms with van der Waals surface area (Å²) in [4.78, 5) is 36.7. The molecule has 5 nitrogen and oxygen atoms in total. The number of urea groups is 1. The van der Waals surface area contributed by atoms with Crippen LogP contribution in [0.1, 0.15) is 40.0 Å². The smallest absolute Gasteiger partial charge is 0.277 e. The quantitative estimate of drug-likeness (QED) is 0.753. The van der Waals surface area contributed by atoms with E-state index in [0.29, 0.717) is 5.92 Å². The molecule has 2 fully saturated rings. The number of nitrogens with one attached hydrogen (secondary N) is 1. The molecule has 0 aromatic rings. The van der Waals surface area contributed by atoms with E-state index in [2.05, 4.69) is 12.2 Å². The molecule has 2 aliphatic rings. The zero-order valence-corrected chi connectivity index (χ0v) is 10.4. The van der Waals surface area contributed by atoms with Gasteiger partial charge in [0.15, 0.2) is 0 Å². The summed E-state index contributed by atoms with van der Waals surface area (Å²) in [6.45, 7) is 5.20. The molecule has 5 heteroatoms. The lowest BCUT2D eigenvalue weighted by molar-refractivity contribution is -0.149. The van der Waals surface area contributed by atoms with Gasteiger partial charge in [-0.2, -0.15) is 0 Å². The normalized spacial score (nSPS) is 31.5. The van der Waals surface area contributed by atoms with Crippen LogP contribution in [0.4, 0.5) is 4.79 Å². The van der Waals surface area contributed by atoms with Gasteiger partial charge in [0.1, 0.15) is 5.41 Å². The van der Waals surface area contributed by atoms with Crippen LogP contribution < -0.4 is 5.32 Å². The summed E-state index contributed by atoms with van der Waals surface area (Å²) >= 11 is 0. The molecule has 1 saturated carbocycles. The Hall–Kier alpha value is -1.39. The zero-order chi connectivity index (χ0) is 12.8. The minimum atomic E-state index is -1.13.